The summed E-state index contributed by atoms with van der Waals surface area (Å²) in [6.45, 7) is 1.08. The first-order valence-corrected chi connectivity index (χ1v) is 6.67. The third kappa shape index (κ3) is 2.19. The van der Waals surface area contributed by atoms with E-state index in [1.807, 2.05) is 6.07 Å². The van der Waals surface area contributed by atoms with Crippen LogP contribution < -0.4 is 10.6 Å². The number of anilines is 1. The number of nitrogens with one attached hydrogen (secondary N) is 2. The quantitative estimate of drug-likeness (QED) is 0.833. The molecule has 0 bridgehead atoms. The lowest BCUT2D eigenvalue weighted by molar-refractivity contribution is 0.135. The maximum atomic E-state index is 8.88. The fourth-order valence-electron chi connectivity index (χ4n) is 3.05. The van der Waals surface area contributed by atoms with Crippen molar-refractivity contribution in [2.45, 2.75) is 43.7 Å². The van der Waals surface area contributed by atoms with Gasteiger partial charge in [0.05, 0.1) is 11.6 Å². The Kier molecular flexibility index (Phi) is 2.92. The van der Waals surface area contributed by atoms with Crippen molar-refractivity contribution in [3.05, 3.63) is 23.9 Å². The van der Waals surface area contributed by atoms with Crippen molar-refractivity contribution in [1.29, 1.82) is 5.26 Å². The summed E-state index contributed by atoms with van der Waals surface area (Å²) in [5, 5.41) is 16.0. The summed E-state index contributed by atoms with van der Waals surface area (Å²) in [6, 6.07) is 6.20. The van der Waals surface area contributed by atoms with E-state index in [1.165, 1.54) is 25.7 Å². The van der Waals surface area contributed by atoms with E-state index in [9.17, 15) is 0 Å². The molecule has 1 aromatic heterocycles. The molecule has 3 rings (SSSR count). The van der Waals surface area contributed by atoms with Gasteiger partial charge in [-0.1, -0.05) is 0 Å². The smallest absolute Gasteiger partial charge is 0.127 e. The average Bonchev–Trinajstić information content (AvgIpc) is 2.37. The van der Waals surface area contributed by atoms with E-state index < -0.39 is 0 Å². The zero-order valence-electron chi connectivity index (χ0n) is 10.4. The lowest BCUT2D eigenvalue weighted by atomic mass is 9.70. The average molecular weight is 242 g/mol. The zero-order chi connectivity index (χ0) is 12.4. The maximum absolute atomic E-state index is 8.88. The van der Waals surface area contributed by atoms with E-state index in [0.29, 0.717) is 17.1 Å². The van der Waals surface area contributed by atoms with Gasteiger partial charge in [-0.2, -0.15) is 5.26 Å². The number of rotatable bonds is 2. The number of hydrogen-bond acceptors (Lipinski definition) is 4. The van der Waals surface area contributed by atoms with Gasteiger partial charge < -0.3 is 10.6 Å². The molecule has 0 amide bonds. The molecule has 1 aromatic rings. The van der Waals surface area contributed by atoms with E-state index in [4.69, 9.17) is 5.26 Å². The highest BCUT2D eigenvalue weighted by Gasteiger charge is 2.40. The lowest BCUT2D eigenvalue weighted by Crippen LogP contribution is -2.58. The molecule has 4 nitrogen and oxygen atoms in total. The standard InChI is InChI=1S/C14H18N4/c15-10-11-2-6-16-13(8-11)18-12-3-7-17-14(9-12)4-1-5-14/h2,6,8,12,17H,1,3-5,7,9H2,(H,16,18). The van der Waals surface area contributed by atoms with Gasteiger partial charge >= 0.3 is 0 Å². The van der Waals surface area contributed by atoms with Crippen molar-refractivity contribution in [1.82, 2.24) is 10.3 Å². The van der Waals surface area contributed by atoms with Gasteiger partial charge in [-0.05, 0) is 50.8 Å². The number of nitriles is 1. The molecule has 2 aliphatic rings. The molecule has 94 valence electrons. The second kappa shape index (κ2) is 4.58. The molecular weight excluding hydrogens is 224 g/mol. The molecule has 2 heterocycles. The number of hydrogen-bond donors (Lipinski definition) is 2. The van der Waals surface area contributed by atoms with Gasteiger partial charge in [0.15, 0.2) is 0 Å². The van der Waals surface area contributed by atoms with Crippen molar-refractivity contribution in [3.63, 3.8) is 0 Å². The van der Waals surface area contributed by atoms with Gasteiger partial charge in [0.1, 0.15) is 5.82 Å². The van der Waals surface area contributed by atoms with Crippen LogP contribution in [0.5, 0.6) is 0 Å². The van der Waals surface area contributed by atoms with Crippen LogP contribution in [0.2, 0.25) is 0 Å². The molecule has 4 heteroatoms. The fourth-order valence-corrected chi connectivity index (χ4v) is 3.05. The molecule has 1 atom stereocenters. The molecule has 0 radical (unpaired) electrons. The van der Waals surface area contributed by atoms with Gasteiger partial charge in [0.2, 0.25) is 0 Å². The van der Waals surface area contributed by atoms with Gasteiger partial charge in [0, 0.05) is 17.8 Å². The van der Waals surface area contributed by atoms with Crippen LogP contribution in [0.15, 0.2) is 18.3 Å². The molecule has 2 N–H and O–H groups in total. The Morgan fingerprint density at radius 2 is 2.39 bits per heavy atom. The molecule has 1 saturated heterocycles. The minimum atomic E-state index is 0.392. The summed E-state index contributed by atoms with van der Waals surface area (Å²) in [4.78, 5) is 4.29. The van der Waals surface area contributed by atoms with E-state index >= 15 is 0 Å². The number of nitrogens with zero attached hydrogens (tertiary/aromatic N) is 2. The normalized spacial score (nSPS) is 25.2. The van der Waals surface area contributed by atoms with E-state index in [-0.39, 0.29) is 0 Å². The lowest BCUT2D eigenvalue weighted by Gasteiger charge is -2.48. The van der Waals surface area contributed by atoms with E-state index in [0.717, 1.165) is 18.8 Å². The van der Waals surface area contributed by atoms with Gasteiger partial charge in [-0.15, -0.1) is 0 Å². The van der Waals surface area contributed by atoms with Crippen LogP contribution in [0, 0.1) is 11.3 Å². The molecule has 1 unspecified atom stereocenters. The van der Waals surface area contributed by atoms with Crippen molar-refractivity contribution in [3.8, 4) is 6.07 Å². The van der Waals surface area contributed by atoms with Crippen LogP contribution >= 0.6 is 0 Å². The highest BCUT2D eigenvalue weighted by molar-refractivity contribution is 5.43. The van der Waals surface area contributed by atoms with Crippen molar-refractivity contribution in [2.24, 2.45) is 0 Å². The Balaban J connectivity index is 1.66. The summed E-state index contributed by atoms with van der Waals surface area (Å²) in [5.41, 5.74) is 1.06. The molecule has 0 aromatic carbocycles. The molecular formula is C14H18N4. The van der Waals surface area contributed by atoms with Crippen molar-refractivity contribution >= 4 is 5.82 Å². The van der Waals surface area contributed by atoms with Gasteiger partial charge in [0.25, 0.3) is 0 Å². The first-order valence-electron chi connectivity index (χ1n) is 6.67. The van der Waals surface area contributed by atoms with Gasteiger partial charge in [-0.3, -0.25) is 0 Å². The molecule has 2 fully saturated rings. The Labute approximate surface area is 107 Å². The van der Waals surface area contributed by atoms with Gasteiger partial charge in [-0.25, -0.2) is 4.98 Å². The molecule has 1 aliphatic heterocycles. The highest BCUT2D eigenvalue weighted by Crippen LogP contribution is 2.38. The number of aromatic nitrogens is 1. The van der Waals surface area contributed by atoms with Crippen LogP contribution in [-0.2, 0) is 0 Å². The predicted octanol–water partition coefficient (Wildman–Crippen LogP) is 2.04. The minimum absolute atomic E-state index is 0.392. The first kappa shape index (κ1) is 11.5. The second-order valence-electron chi connectivity index (χ2n) is 5.44. The third-order valence-electron chi connectivity index (χ3n) is 4.18. The fraction of sp³-hybridized carbons (Fsp3) is 0.571. The predicted molar refractivity (Wildman–Crippen MR) is 70.2 cm³/mol. The van der Waals surface area contributed by atoms with E-state index in [1.54, 1.807) is 12.3 Å². The van der Waals surface area contributed by atoms with Crippen LogP contribution in [-0.4, -0.2) is 23.1 Å². The monoisotopic (exact) mass is 242 g/mol. The number of pyridine rings is 1. The zero-order valence-corrected chi connectivity index (χ0v) is 10.4. The Hall–Kier alpha value is -1.60. The summed E-state index contributed by atoms with van der Waals surface area (Å²) in [6.07, 6.45) is 7.95. The largest absolute Gasteiger partial charge is 0.367 e. The second-order valence-corrected chi connectivity index (χ2v) is 5.44. The van der Waals surface area contributed by atoms with Crippen LogP contribution in [0.3, 0.4) is 0 Å². The maximum Gasteiger partial charge on any atom is 0.127 e. The Morgan fingerprint density at radius 1 is 1.50 bits per heavy atom. The minimum Gasteiger partial charge on any atom is -0.367 e. The molecule has 1 saturated carbocycles. The summed E-state index contributed by atoms with van der Waals surface area (Å²) in [7, 11) is 0. The van der Waals surface area contributed by atoms with Crippen molar-refractivity contribution < 1.29 is 0 Å². The topological polar surface area (TPSA) is 60.7 Å². The Morgan fingerprint density at radius 3 is 3.11 bits per heavy atom. The van der Waals surface area contributed by atoms with Crippen LogP contribution in [0.25, 0.3) is 0 Å². The Bertz CT molecular complexity index is 473. The van der Waals surface area contributed by atoms with E-state index in [2.05, 4.69) is 21.7 Å². The summed E-state index contributed by atoms with van der Waals surface area (Å²) < 4.78 is 0. The SMILES string of the molecule is N#Cc1ccnc(NC2CCNC3(CCC3)C2)c1. The van der Waals surface area contributed by atoms with Crippen LogP contribution in [0.1, 0.15) is 37.7 Å². The third-order valence-corrected chi connectivity index (χ3v) is 4.18. The van der Waals surface area contributed by atoms with Crippen molar-refractivity contribution in [2.75, 3.05) is 11.9 Å². The number of piperidine rings is 1. The first-order chi connectivity index (χ1) is 8.80. The molecule has 1 aliphatic carbocycles. The highest BCUT2D eigenvalue weighted by atomic mass is 15.1. The molecule has 1 spiro atoms. The van der Waals surface area contributed by atoms with Crippen LogP contribution in [0.4, 0.5) is 5.82 Å². The summed E-state index contributed by atoms with van der Waals surface area (Å²) >= 11 is 0. The summed E-state index contributed by atoms with van der Waals surface area (Å²) in [5.74, 6) is 0.829. The molecule has 18 heavy (non-hydrogen) atoms.